The molecular weight excluding hydrogens is 448 g/mol. The molecule has 0 bridgehead atoms. The zero-order valence-corrected chi connectivity index (χ0v) is 19.4. The largest absolute Gasteiger partial charge is 0.478 e. The average Bonchev–Trinajstić information content (AvgIpc) is 3.16. The first-order valence-corrected chi connectivity index (χ1v) is 11.2. The molecule has 178 valence electrons. The fraction of sp³-hybridized carbons (Fsp3) is 0.222. The maximum atomic E-state index is 14.0. The third-order valence-electron chi connectivity index (χ3n) is 6.89. The number of benzene rings is 3. The van der Waals surface area contributed by atoms with Gasteiger partial charge in [0.2, 0.25) is 11.3 Å². The summed E-state index contributed by atoms with van der Waals surface area (Å²) in [7, 11) is 0. The zero-order chi connectivity index (χ0) is 25.3. The highest BCUT2D eigenvalue weighted by Crippen LogP contribution is 2.59. The molecule has 0 radical (unpaired) electrons. The summed E-state index contributed by atoms with van der Waals surface area (Å²) in [5.74, 6) is -4.14. The molecule has 1 heterocycles. The van der Waals surface area contributed by atoms with Crippen LogP contribution in [0.1, 0.15) is 73.1 Å². The molecule has 0 spiro atoms. The van der Waals surface area contributed by atoms with Crippen molar-refractivity contribution in [1.82, 2.24) is 5.32 Å². The van der Waals surface area contributed by atoms with Gasteiger partial charge < -0.3 is 26.0 Å². The third-order valence-corrected chi connectivity index (χ3v) is 6.89. The molecule has 8 nitrogen and oxygen atoms in total. The lowest BCUT2D eigenvalue weighted by atomic mass is 9.82. The Bertz CT molecular complexity index is 1450. The first kappa shape index (κ1) is 22.6. The molecule has 1 aliphatic heterocycles. The van der Waals surface area contributed by atoms with Crippen molar-refractivity contribution >= 4 is 23.3 Å². The molecule has 5 N–H and O–H groups in total. The van der Waals surface area contributed by atoms with Crippen LogP contribution in [0.5, 0.6) is 5.75 Å². The molecule has 8 heteroatoms. The summed E-state index contributed by atoms with van der Waals surface area (Å²) < 4.78 is 6.06. The minimum absolute atomic E-state index is 0.0594. The molecule has 35 heavy (non-hydrogen) atoms. The van der Waals surface area contributed by atoms with Gasteiger partial charge in [-0.15, -0.1) is 0 Å². The zero-order valence-electron chi connectivity index (χ0n) is 19.4. The fourth-order valence-corrected chi connectivity index (χ4v) is 5.03. The summed E-state index contributed by atoms with van der Waals surface area (Å²) in [6, 6.07) is 14.1. The minimum Gasteiger partial charge on any atom is -0.478 e. The number of amides is 1. The van der Waals surface area contributed by atoms with Gasteiger partial charge in [-0.05, 0) is 54.3 Å². The van der Waals surface area contributed by atoms with E-state index in [2.05, 4.69) is 5.32 Å². The number of carbonyl (C=O) groups excluding carboxylic acids is 2. The Hall–Kier alpha value is -4.17. The van der Waals surface area contributed by atoms with Gasteiger partial charge in [0.15, 0.2) is 0 Å². The molecule has 2 unspecified atom stereocenters. The number of carboxylic acid groups (broad SMARTS) is 1. The van der Waals surface area contributed by atoms with Gasteiger partial charge in [0.05, 0.1) is 11.1 Å². The number of ether oxygens (including phenoxy) is 1. The summed E-state index contributed by atoms with van der Waals surface area (Å²) in [6.07, 6.45) is 0. The van der Waals surface area contributed by atoms with Gasteiger partial charge in [-0.3, -0.25) is 9.59 Å². The van der Waals surface area contributed by atoms with Gasteiger partial charge in [0.1, 0.15) is 5.75 Å². The molecule has 1 amide bonds. The summed E-state index contributed by atoms with van der Waals surface area (Å²) in [5, 5.41) is 24.0. The van der Waals surface area contributed by atoms with Gasteiger partial charge in [-0.25, -0.2) is 4.79 Å². The number of ketones is 1. The third kappa shape index (κ3) is 2.93. The molecule has 2 aliphatic rings. The first-order chi connectivity index (χ1) is 16.5. The summed E-state index contributed by atoms with van der Waals surface area (Å²) in [5.41, 5.74) is 6.39. The second-order valence-corrected chi connectivity index (χ2v) is 9.29. The summed E-state index contributed by atoms with van der Waals surface area (Å²) in [4.78, 5) is 38.8. The van der Waals surface area contributed by atoms with E-state index in [0.717, 1.165) is 5.56 Å². The molecular formula is C27H24N2O6. The topological polar surface area (TPSA) is 139 Å². The van der Waals surface area contributed by atoms with E-state index in [0.29, 0.717) is 11.1 Å². The Morgan fingerprint density at radius 3 is 2.46 bits per heavy atom. The maximum absolute atomic E-state index is 14.0. The predicted octanol–water partition coefficient (Wildman–Crippen LogP) is 3.46. The summed E-state index contributed by atoms with van der Waals surface area (Å²) in [6.45, 7) is 5.59. The molecule has 0 fully saturated rings. The van der Waals surface area contributed by atoms with Crippen molar-refractivity contribution in [2.75, 3.05) is 5.73 Å². The lowest BCUT2D eigenvalue weighted by Crippen LogP contribution is -2.60. The van der Waals surface area contributed by atoms with Crippen LogP contribution in [0.3, 0.4) is 0 Å². The first-order valence-electron chi connectivity index (χ1n) is 11.2. The van der Waals surface area contributed by atoms with E-state index in [1.54, 1.807) is 37.3 Å². The molecule has 3 aromatic carbocycles. The number of aliphatic hydroxyl groups is 1. The molecule has 0 saturated heterocycles. The van der Waals surface area contributed by atoms with E-state index in [-0.39, 0.29) is 39.6 Å². The second-order valence-electron chi connectivity index (χ2n) is 9.29. The Morgan fingerprint density at radius 2 is 1.80 bits per heavy atom. The normalized spacial score (nSPS) is 21.8. The lowest BCUT2D eigenvalue weighted by molar-refractivity contribution is -0.169. The number of nitrogens with two attached hydrogens (primary N) is 1. The van der Waals surface area contributed by atoms with E-state index < -0.39 is 29.0 Å². The Balaban J connectivity index is 1.69. The monoisotopic (exact) mass is 472 g/mol. The number of hydrogen-bond donors (Lipinski definition) is 4. The number of anilines is 1. The van der Waals surface area contributed by atoms with E-state index in [1.807, 2.05) is 19.9 Å². The number of rotatable bonds is 4. The molecule has 5 rings (SSSR count). The van der Waals surface area contributed by atoms with Gasteiger partial charge in [0.25, 0.3) is 11.7 Å². The van der Waals surface area contributed by atoms with Crippen LogP contribution in [-0.2, 0) is 11.3 Å². The standard InChI is InChI=1S/C27H24N2O6/c1-13(2)15-8-10-18-21(12-15)35-27(34)19-5-4-6-20(28)22(19)23(30)26(18,27)29-24(31)16-7-9-17(25(32)33)14(3)11-16/h4-13,34H,28H2,1-3H3,(H,29,31)(H,32,33). The second kappa shape index (κ2) is 7.41. The molecule has 2 atom stereocenters. The van der Waals surface area contributed by atoms with Crippen molar-refractivity contribution in [1.29, 1.82) is 0 Å². The number of aryl methyl sites for hydroxylation is 1. The maximum Gasteiger partial charge on any atom is 0.335 e. The number of carboxylic acids is 1. The number of hydrogen-bond acceptors (Lipinski definition) is 6. The lowest BCUT2D eigenvalue weighted by Gasteiger charge is -2.34. The van der Waals surface area contributed by atoms with Crippen LogP contribution in [0.4, 0.5) is 5.69 Å². The summed E-state index contributed by atoms with van der Waals surface area (Å²) >= 11 is 0. The number of carbonyl (C=O) groups is 3. The molecule has 1 aliphatic carbocycles. The van der Waals surface area contributed by atoms with Gasteiger partial charge >= 0.3 is 5.97 Å². The Labute approximate surface area is 201 Å². The molecule has 0 saturated carbocycles. The smallest absolute Gasteiger partial charge is 0.335 e. The van der Waals surface area contributed by atoms with Gasteiger partial charge in [-0.1, -0.05) is 38.1 Å². The van der Waals surface area contributed by atoms with E-state index in [9.17, 15) is 24.6 Å². The van der Waals surface area contributed by atoms with Crippen molar-refractivity contribution in [3.05, 3.63) is 93.5 Å². The number of aromatic carboxylic acids is 1. The number of nitrogen functional groups attached to an aromatic ring is 1. The fourth-order valence-electron chi connectivity index (χ4n) is 5.03. The average molecular weight is 472 g/mol. The van der Waals surface area contributed by atoms with Crippen molar-refractivity contribution in [3.63, 3.8) is 0 Å². The number of Topliss-reactive ketones (excluding diaryl/α,β-unsaturated/α-hetero) is 1. The number of fused-ring (bicyclic) bond motifs is 5. The highest BCUT2D eigenvalue weighted by atomic mass is 16.6. The molecule has 0 aromatic heterocycles. The Kier molecular flexibility index (Phi) is 4.79. The van der Waals surface area contributed by atoms with Crippen molar-refractivity contribution in [2.24, 2.45) is 0 Å². The molecule has 3 aromatic rings. The van der Waals surface area contributed by atoms with Crippen molar-refractivity contribution in [2.45, 2.75) is 38.0 Å². The number of nitrogens with one attached hydrogen (secondary N) is 1. The predicted molar refractivity (Wildman–Crippen MR) is 128 cm³/mol. The minimum atomic E-state index is -2.22. The van der Waals surface area contributed by atoms with Crippen LogP contribution in [0.2, 0.25) is 0 Å². The van der Waals surface area contributed by atoms with E-state index in [1.165, 1.54) is 18.2 Å². The van der Waals surface area contributed by atoms with Gasteiger partial charge in [-0.2, -0.15) is 0 Å². The van der Waals surface area contributed by atoms with Crippen molar-refractivity contribution in [3.8, 4) is 5.75 Å². The SMILES string of the molecule is Cc1cc(C(=O)NC23C(=O)c4c(N)cccc4C2(O)Oc2cc(C(C)C)ccc23)ccc1C(=O)O. The quantitative estimate of drug-likeness (QED) is 0.427. The van der Waals surface area contributed by atoms with Crippen LogP contribution in [0.15, 0.2) is 54.6 Å². The van der Waals surface area contributed by atoms with Crippen LogP contribution in [0, 0.1) is 6.92 Å². The van der Waals surface area contributed by atoms with Crippen LogP contribution < -0.4 is 15.8 Å². The van der Waals surface area contributed by atoms with Crippen molar-refractivity contribution < 1.29 is 29.3 Å². The van der Waals surface area contributed by atoms with Crippen LogP contribution in [0.25, 0.3) is 0 Å². The highest BCUT2D eigenvalue weighted by Gasteiger charge is 2.72. The van der Waals surface area contributed by atoms with Crippen LogP contribution in [-0.4, -0.2) is 27.9 Å². The Morgan fingerprint density at radius 1 is 1.06 bits per heavy atom. The van der Waals surface area contributed by atoms with E-state index >= 15 is 0 Å². The van der Waals surface area contributed by atoms with Gasteiger partial charge in [0, 0.05) is 22.4 Å². The highest BCUT2D eigenvalue weighted by molar-refractivity contribution is 6.16. The van der Waals surface area contributed by atoms with Crippen LogP contribution >= 0.6 is 0 Å². The van der Waals surface area contributed by atoms with E-state index in [4.69, 9.17) is 10.5 Å².